The van der Waals surface area contributed by atoms with E-state index >= 15 is 0 Å². The number of hydrogen-bond acceptors (Lipinski definition) is 3. The van der Waals surface area contributed by atoms with Crippen LogP contribution in [0.25, 0.3) is 0 Å². The summed E-state index contributed by atoms with van der Waals surface area (Å²) >= 11 is 0. The molecule has 1 fully saturated rings. The van der Waals surface area contributed by atoms with Crippen LogP contribution in [0.5, 0.6) is 0 Å². The maximum atomic E-state index is 5.73. The quantitative estimate of drug-likeness (QED) is 0.625. The Balaban J connectivity index is 1.83. The van der Waals surface area contributed by atoms with Crippen molar-refractivity contribution in [3.05, 3.63) is 0 Å². The van der Waals surface area contributed by atoms with Crippen LogP contribution < -0.4 is 0 Å². The van der Waals surface area contributed by atoms with Crippen LogP contribution in [0.1, 0.15) is 46.0 Å². The minimum atomic E-state index is -0.159. The van der Waals surface area contributed by atoms with E-state index in [0.29, 0.717) is 6.10 Å². The molecular formula is C10H17NO2. The van der Waals surface area contributed by atoms with Crippen molar-refractivity contribution < 1.29 is 9.57 Å². The lowest BCUT2D eigenvalue weighted by atomic mass is 10.1. The summed E-state index contributed by atoms with van der Waals surface area (Å²) in [5, 5.41) is 3.95. The van der Waals surface area contributed by atoms with Gasteiger partial charge in [0.1, 0.15) is 11.7 Å². The van der Waals surface area contributed by atoms with Crippen LogP contribution in [-0.2, 0) is 9.57 Å². The van der Waals surface area contributed by atoms with Crippen molar-refractivity contribution in [1.29, 1.82) is 0 Å². The number of nitrogens with zero attached hydrogens (tertiary/aromatic N) is 1. The van der Waals surface area contributed by atoms with Crippen LogP contribution in [0.4, 0.5) is 0 Å². The SMILES string of the molecule is CC1(C)CC(OC2CCCC2)=NO1. The lowest BCUT2D eigenvalue weighted by Gasteiger charge is -2.14. The van der Waals surface area contributed by atoms with Crippen LogP contribution in [0.2, 0.25) is 0 Å². The third-order valence-electron chi connectivity index (χ3n) is 2.58. The fraction of sp³-hybridized carbons (Fsp3) is 0.900. The van der Waals surface area contributed by atoms with E-state index in [1.165, 1.54) is 25.7 Å². The van der Waals surface area contributed by atoms with Gasteiger partial charge in [-0.15, -0.1) is 0 Å². The zero-order chi connectivity index (χ0) is 9.31. The Hall–Kier alpha value is -0.730. The molecule has 3 heteroatoms. The zero-order valence-corrected chi connectivity index (χ0v) is 8.38. The van der Waals surface area contributed by atoms with Gasteiger partial charge in [0.15, 0.2) is 0 Å². The molecule has 1 heterocycles. The van der Waals surface area contributed by atoms with E-state index in [0.717, 1.165) is 12.3 Å². The lowest BCUT2D eigenvalue weighted by molar-refractivity contribution is 0.0122. The smallest absolute Gasteiger partial charge is 0.230 e. The summed E-state index contributed by atoms with van der Waals surface area (Å²) in [7, 11) is 0. The first kappa shape index (κ1) is 8.85. The molecule has 0 aromatic carbocycles. The second kappa shape index (κ2) is 3.20. The van der Waals surface area contributed by atoms with Gasteiger partial charge in [-0.2, -0.15) is 0 Å². The Morgan fingerprint density at radius 1 is 1.38 bits per heavy atom. The van der Waals surface area contributed by atoms with E-state index in [-0.39, 0.29) is 5.60 Å². The molecule has 0 aromatic rings. The second-order valence-electron chi connectivity index (χ2n) is 4.54. The third kappa shape index (κ3) is 2.14. The molecule has 1 saturated carbocycles. The van der Waals surface area contributed by atoms with E-state index in [2.05, 4.69) is 5.16 Å². The Labute approximate surface area is 79.1 Å². The van der Waals surface area contributed by atoms with Gasteiger partial charge in [0.05, 0.1) is 6.42 Å². The Morgan fingerprint density at radius 2 is 2.08 bits per heavy atom. The minimum absolute atomic E-state index is 0.159. The summed E-state index contributed by atoms with van der Waals surface area (Å²) in [5.41, 5.74) is -0.159. The number of oxime groups is 1. The molecular weight excluding hydrogens is 166 g/mol. The van der Waals surface area contributed by atoms with Gasteiger partial charge in [-0.25, -0.2) is 0 Å². The minimum Gasteiger partial charge on any atom is -0.475 e. The fourth-order valence-corrected chi connectivity index (χ4v) is 1.86. The van der Waals surface area contributed by atoms with Crippen LogP contribution in [0.15, 0.2) is 5.16 Å². The van der Waals surface area contributed by atoms with Crippen LogP contribution >= 0.6 is 0 Å². The molecule has 0 bridgehead atoms. The first-order chi connectivity index (χ1) is 6.16. The summed E-state index contributed by atoms with van der Waals surface area (Å²) < 4.78 is 5.73. The van der Waals surface area contributed by atoms with Gasteiger partial charge in [-0.05, 0) is 39.5 Å². The van der Waals surface area contributed by atoms with Gasteiger partial charge in [-0.1, -0.05) is 5.16 Å². The summed E-state index contributed by atoms with van der Waals surface area (Å²) in [6.07, 6.45) is 6.16. The summed E-state index contributed by atoms with van der Waals surface area (Å²) in [4.78, 5) is 5.23. The van der Waals surface area contributed by atoms with Crippen molar-refractivity contribution in [3.8, 4) is 0 Å². The highest BCUT2D eigenvalue weighted by atomic mass is 16.7. The van der Waals surface area contributed by atoms with Crippen LogP contribution in [0.3, 0.4) is 0 Å². The molecule has 1 aliphatic heterocycles. The van der Waals surface area contributed by atoms with Gasteiger partial charge < -0.3 is 9.57 Å². The standard InChI is InChI=1S/C10H17NO2/c1-10(2)7-9(11-13-10)12-8-5-3-4-6-8/h8H,3-7H2,1-2H3. The predicted molar refractivity (Wildman–Crippen MR) is 50.6 cm³/mol. The predicted octanol–water partition coefficient (Wildman–Crippen LogP) is 2.46. The van der Waals surface area contributed by atoms with Gasteiger partial charge in [0, 0.05) is 0 Å². The van der Waals surface area contributed by atoms with Crippen molar-refractivity contribution in [1.82, 2.24) is 0 Å². The van der Waals surface area contributed by atoms with Crippen molar-refractivity contribution in [2.75, 3.05) is 0 Å². The molecule has 0 atom stereocenters. The Bertz CT molecular complexity index is 217. The molecule has 0 N–H and O–H groups in total. The van der Waals surface area contributed by atoms with E-state index in [1.54, 1.807) is 0 Å². The van der Waals surface area contributed by atoms with Crippen molar-refractivity contribution >= 4 is 5.90 Å². The Kier molecular flexibility index (Phi) is 2.18. The van der Waals surface area contributed by atoms with Crippen molar-refractivity contribution in [2.24, 2.45) is 5.16 Å². The molecule has 2 rings (SSSR count). The highest BCUT2D eigenvalue weighted by molar-refractivity contribution is 5.78. The molecule has 0 saturated heterocycles. The van der Waals surface area contributed by atoms with Crippen LogP contribution in [-0.4, -0.2) is 17.6 Å². The number of hydrogen-bond donors (Lipinski definition) is 0. The maximum Gasteiger partial charge on any atom is 0.230 e. The van der Waals surface area contributed by atoms with Crippen molar-refractivity contribution in [2.45, 2.75) is 57.7 Å². The first-order valence-corrected chi connectivity index (χ1v) is 5.07. The number of ether oxygens (including phenoxy) is 1. The molecule has 0 radical (unpaired) electrons. The molecule has 2 aliphatic rings. The fourth-order valence-electron chi connectivity index (χ4n) is 1.86. The normalized spacial score (nSPS) is 27.1. The maximum absolute atomic E-state index is 5.73. The molecule has 0 spiro atoms. The molecule has 74 valence electrons. The highest BCUT2D eigenvalue weighted by Crippen LogP contribution is 2.27. The average Bonchev–Trinajstić information content (AvgIpc) is 2.61. The molecule has 0 unspecified atom stereocenters. The van der Waals surface area contributed by atoms with E-state index < -0.39 is 0 Å². The molecule has 0 aromatic heterocycles. The van der Waals surface area contributed by atoms with Gasteiger partial charge in [0.2, 0.25) is 5.90 Å². The molecule has 3 nitrogen and oxygen atoms in total. The van der Waals surface area contributed by atoms with E-state index in [1.807, 2.05) is 13.8 Å². The average molecular weight is 183 g/mol. The monoisotopic (exact) mass is 183 g/mol. The molecule has 13 heavy (non-hydrogen) atoms. The van der Waals surface area contributed by atoms with Crippen molar-refractivity contribution in [3.63, 3.8) is 0 Å². The van der Waals surface area contributed by atoms with Gasteiger partial charge in [0.25, 0.3) is 0 Å². The molecule has 1 aliphatic carbocycles. The Morgan fingerprint density at radius 3 is 2.62 bits per heavy atom. The summed E-state index contributed by atoms with van der Waals surface area (Å²) in [5.74, 6) is 0.789. The topological polar surface area (TPSA) is 30.8 Å². The van der Waals surface area contributed by atoms with Gasteiger partial charge >= 0.3 is 0 Å². The van der Waals surface area contributed by atoms with E-state index in [4.69, 9.17) is 9.57 Å². The van der Waals surface area contributed by atoms with E-state index in [9.17, 15) is 0 Å². The summed E-state index contributed by atoms with van der Waals surface area (Å²) in [6.45, 7) is 4.06. The second-order valence-corrected chi connectivity index (χ2v) is 4.54. The largest absolute Gasteiger partial charge is 0.475 e. The number of rotatable bonds is 1. The summed E-state index contributed by atoms with van der Waals surface area (Å²) in [6, 6.07) is 0. The zero-order valence-electron chi connectivity index (χ0n) is 8.38. The third-order valence-corrected chi connectivity index (χ3v) is 2.58. The van der Waals surface area contributed by atoms with Crippen LogP contribution in [0, 0.1) is 0 Å². The lowest BCUT2D eigenvalue weighted by Crippen LogP contribution is -2.21. The molecule has 0 amide bonds. The highest BCUT2D eigenvalue weighted by Gasteiger charge is 2.31. The first-order valence-electron chi connectivity index (χ1n) is 5.07. The van der Waals surface area contributed by atoms with Gasteiger partial charge in [-0.3, -0.25) is 0 Å².